The van der Waals surface area contributed by atoms with Crippen molar-refractivity contribution < 1.29 is 41.1 Å². The molecule has 3 atom stereocenters. The van der Waals surface area contributed by atoms with Gasteiger partial charge in [-0.1, -0.05) is 30.4 Å². The lowest BCUT2D eigenvalue weighted by atomic mass is 9.74. The van der Waals surface area contributed by atoms with Crippen LogP contribution in [0.15, 0.2) is 72.8 Å². The maximum atomic E-state index is 14.9. The Hall–Kier alpha value is -3.50. The zero-order valence-corrected chi connectivity index (χ0v) is 16.0. The molecular weight excluding hydrogens is 444 g/mol. The van der Waals surface area contributed by atoms with Gasteiger partial charge in [0.25, 0.3) is 5.69 Å². The fraction of sp³-hybridized carbons (Fsp3) is 0.238. The summed E-state index contributed by atoms with van der Waals surface area (Å²) in [4.78, 5) is 10.1. The van der Waals surface area contributed by atoms with Gasteiger partial charge in [0.2, 0.25) is 0 Å². The summed E-state index contributed by atoms with van der Waals surface area (Å²) < 4.78 is 87.4. The highest BCUT2D eigenvalue weighted by atomic mass is 19.4. The lowest BCUT2D eigenvalue weighted by molar-refractivity contribution is -0.384. The predicted octanol–water partition coefficient (Wildman–Crippen LogP) is 5.85. The fourth-order valence-electron chi connectivity index (χ4n) is 3.34. The molecule has 3 unspecified atom stereocenters. The number of rotatable bonds is 6. The monoisotopic (exact) mass is 459 g/mol. The second kappa shape index (κ2) is 8.21. The minimum atomic E-state index is -6.16. The number of phenols is 1. The third kappa shape index (κ3) is 4.14. The Morgan fingerprint density at radius 2 is 1.59 bits per heavy atom. The van der Waals surface area contributed by atoms with Crippen LogP contribution >= 0.6 is 0 Å². The van der Waals surface area contributed by atoms with E-state index in [1.165, 1.54) is 18.2 Å². The summed E-state index contributed by atoms with van der Waals surface area (Å²) in [5.41, 5.74) is -2.54. The highest BCUT2D eigenvalue weighted by Gasteiger charge is 2.67. The molecule has 3 rings (SSSR count). The number of hydrogen-bond donors (Lipinski definition) is 1. The van der Waals surface area contributed by atoms with Crippen LogP contribution in [-0.2, 0) is 5.60 Å². The molecule has 0 saturated heterocycles. The number of ether oxygens (including phenoxy) is 1. The normalized spacial score (nSPS) is 21.9. The van der Waals surface area contributed by atoms with E-state index < -0.39 is 34.7 Å². The standard InChI is InChI=1S/C21H15F6NO4/c22-18(20(23,24)21(25,26)27)17-3-1-2-12-19(17,13-4-8-15(29)9-5-13)32-16-10-6-14(7-11-16)28(30)31/h1-12,17-18,29H. The summed E-state index contributed by atoms with van der Waals surface area (Å²) in [6, 6.07) is 8.94. The Morgan fingerprint density at radius 3 is 2.12 bits per heavy atom. The Morgan fingerprint density at radius 1 is 1.00 bits per heavy atom. The summed E-state index contributed by atoms with van der Waals surface area (Å²) in [5.74, 6) is -8.22. The summed E-state index contributed by atoms with van der Waals surface area (Å²) in [6.45, 7) is 0. The molecule has 0 aromatic heterocycles. The third-order valence-corrected chi connectivity index (χ3v) is 4.96. The quantitative estimate of drug-likeness (QED) is 0.334. The van der Waals surface area contributed by atoms with Crippen LogP contribution in [0.2, 0.25) is 0 Å². The molecule has 0 radical (unpaired) electrons. The Kier molecular flexibility index (Phi) is 5.94. The predicted molar refractivity (Wildman–Crippen MR) is 101 cm³/mol. The zero-order chi connectivity index (χ0) is 23.7. The number of benzene rings is 2. The Bertz CT molecular complexity index is 1030. The number of halogens is 6. The number of nitro benzene ring substituents is 1. The van der Waals surface area contributed by atoms with E-state index >= 15 is 0 Å². The highest BCUT2D eigenvalue weighted by Crippen LogP contribution is 2.49. The SMILES string of the molecule is O=[N+]([O-])c1ccc(OC2(c3ccc(O)cc3)C=CC=CC2C(F)C(F)(F)C(F)(F)F)cc1. The van der Waals surface area contributed by atoms with Gasteiger partial charge in [-0.3, -0.25) is 10.1 Å². The van der Waals surface area contributed by atoms with E-state index in [1.807, 2.05) is 0 Å². The minimum Gasteiger partial charge on any atom is -0.508 e. The molecule has 1 N–H and O–H groups in total. The molecule has 0 spiro atoms. The van der Waals surface area contributed by atoms with Gasteiger partial charge in [0, 0.05) is 17.7 Å². The number of non-ortho nitro benzene ring substituents is 1. The highest BCUT2D eigenvalue weighted by molar-refractivity contribution is 5.42. The number of allylic oxidation sites excluding steroid dienone is 2. The first-order valence-corrected chi connectivity index (χ1v) is 9.06. The van der Waals surface area contributed by atoms with Crippen molar-refractivity contribution in [1.29, 1.82) is 0 Å². The lowest BCUT2D eigenvalue weighted by Gasteiger charge is -2.42. The molecule has 1 aliphatic carbocycles. The first-order chi connectivity index (χ1) is 14.9. The van der Waals surface area contributed by atoms with Gasteiger partial charge in [-0.2, -0.15) is 22.0 Å². The Balaban J connectivity index is 2.13. The van der Waals surface area contributed by atoms with E-state index in [-0.39, 0.29) is 22.7 Å². The number of nitrogens with zero attached hydrogens (tertiary/aromatic N) is 1. The minimum absolute atomic E-state index is 0.0279. The molecule has 32 heavy (non-hydrogen) atoms. The molecule has 0 aliphatic heterocycles. The number of aromatic hydroxyl groups is 1. The van der Waals surface area contributed by atoms with Crippen molar-refractivity contribution in [2.75, 3.05) is 0 Å². The van der Waals surface area contributed by atoms with Crippen molar-refractivity contribution in [3.05, 3.63) is 88.5 Å². The largest absolute Gasteiger partial charge is 0.508 e. The summed E-state index contributed by atoms with van der Waals surface area (Å²) in [6.07, 6.45) is -5.55. The molecule has 2 aromatic carbocycles. The number of phenolic OH excluding ortho intramolecular Hbond substituents is 1. The van der Waals surface area contributed by atoms with Crippen molar-refractivity contribution in [3.63, 3.8) is 0 Å². The van der Waals surface area contributed by atoms with Gasteiger partial charge in [0.15, 0.2) is 11.8 Å². The fourth-order valence-corrected chi connectivity index (χ4v) is 3.34. The molecule has 0 fully saturated rings. The number of alkyl halides is 6. The van der Waals surface area contributed by atoms with Crippen molar-refractivity contribution in [1.82, 2.24) is 0 Å². The van der Waals surface area contributed by atoms with Gasteiger partial charge in [-0.25, -0.2) is 4.39 Å². The average molecular weight is 459 g/mol. The smallest absolute Gasteiger partial charge is 0.456 e. The number of nitro groups is 1. The average Bonchev–Trinajstić information content (AvgIpc) is 2.73. The lowest BCUT2D eigenvalue weighted by Crippen LogP contribution is -2.54. The van der Waals surface area contributed by atoms with Crippen molar-refractivity contribution in [2.24, 2.45) is 5.92 Å². The van der Waals surface area contributed by atoms with Crippen LogP contribution in [0.4, 0.5) is 32.0 Å². The van der Waals surface area contributed by atoms with Crippen molar-refractivity contribution in [3.8, 4) is 11.5 Å². The van der Waals surface area contributed by atoms with Gasteiger partial charge in [-0.15, -0.1) is 0 Å². The molecule has 1 aliphatic rings. The molecule has 170 valence electrons. The van der Waals surface area contributed by atoms with Gasteiger partial charge < -0.3 is 9.84 Å². The van der Waals surface area contributed by atoms with Crippen LogP contribution in [0, 0.1) is 16.0 Å². The zero-order valence-electron chi connectivity index (χ0n) is 16.0. The molecule has 0 heterocycles. The van der Waals surface area contributed by atoms with Crippen LogP contribution in [0.3, 0.4) is 0 Å². The van der Waals surface area contributed by atoms with Crippen LogP contribution in [-0.4, -0.2) is 28.3 Å². The molecule has 2 aromatic rings. The first-order valence-electron chi connectivity index (χ1n) is 9.06. The molecule has 11 heteroatoms. The van der Waals surface area contributed by atoms with E-state index in [2.05, 4.69) is 0 Å². The van der Waals surface area contributed by atoms with Gasteiger partial charge in [0.1, 0.15) is 11.5 Å². The molecular formula is C21H15F6NO4. The maximum Gasteiger partial charge on any atom is 0.456 e. The second-order valence-electron chi connectivity index (χ2n) is 6.99. The first kappa shape index (κ1) is 23.2. The molecule has 0 saturated carbocycles. The van der Waals surface area contributed by atoms with Gasteiger partial charge in [-0.05, 0) is 30.3 Å². The third-order valence-electron chi connectivity index (χ3n) is 4.96. The van der Waals surface area contributed by atoms with Crippen molar-refractivity contribution >= 4 is 5.69 Å². The number of hydrogen-bond acceptors (Lipinski definition) is 4. The molecule has 0 bridgehead atoms. The van der Waals surface area contributed by atoms with Gasteiger partial charge >= 0.3 is 12.1 Å². The van der Waals surface area contributed by atoms with Crippen molar-refractivity contribution in [2.45, 2.75) is 23.9 Å². The Labute approximate surface area is 177 Å². The summed E-state index contributed by atoms with van der Waals surface area (Å²) in [5, 5.41) is 20.4. The van der Waals surface area contributed by atoms with E-state index in [9.17, 15) is 41.6 Å². The van der Waals surface area contributed by atoms with Crippen LogP contribution in [0.25, 0.3) is 0 Å². The van der Waals surface area contributed by atoms with E-state index in [0.717, 1.165) is 54.6 Å². The molecule has 0 amide bonds. The molecule has 5 nitrogen and oxygen atoms in total. The summed E-state index contributed by atoms with van der Waals surface area (Å²) >= 11 is 0. The maximum absolute atomic E-state index is 14.9. The van der Waals surface area contributed by atoms with E-state index in [1.54, 1.807) is 0 Å². The summed E-state index contributed by atoms with van der Waals surface area (Å²) in [7, 11) is 0. The van der Waals surface area contributed by atoms with Crippen LogP contribution < -0.4 is 4.74 Å². The van der Waals surface area contributed by atoms with Crippen LogP contribution in [0.5, 0.6) is 11.5 Å². The second-order valence-corrected chi connectivity index (χ2v) is 6.99. The van der Waals surface area contributed by atoms with E-state index in [0.29, 0.717) is 0 Å². The van der Waals surface area contributed by atoms with Gasteiger partial charge in [0.05, 0.1) is 10.8 Å². The van der Waals surface area contributed by atoms with E-state index in [4.69, 9.17) is 4.74 Å². The van der Waals surface area contributed by atoms with Crippen LogP contribution in [0.1, 0.15) is 5.56 Å². The topological polar surface area (TPSA) is 72.6 Å².